The molecule has 8 aromatic carbocycles. The lowest BCUT2D eigenvalue weighted by Crippen LogP contribution is -2.00. The van der Waals surface area contributed by atoms with Crippen LogP contribution in [0.5, 0.6) is 0 Å². The Bertz CT molecular complexity index is 2990. The number of benzene rings is 8. The highest BCUT2D eigenvalue weighted by atomic mass is 15.0. The van der Waals surface area contributed by atoms with Crippen LogP contribution in [0.3, 0.4) is 0 Å². The molecule has 56 heavy (non-hydrogen) atoms. The fourth-order valence-corrected chi connectivity index (χ4v) is 7.50. The van der Waals surface area contributed by atoms with E-state index in [1.807, 2.05) is 48.7 Å². The average molecular weight is 715 g/mol. The van der Waals surface area contributed by atoms with Crippen molar-refractivity contribution in [2.24, 2.45) is 0 Å². The van der Waals surface area contributed by atoms with E-state index < -0.39 is 0 Å². The van der Waals surface area contributed by atoms with Crippen LogP contribution in [0.25, 0.3) is 100 Å². The second-order valence-corrected chi connectivity index (χ2v) is 13.9. The quantitative estimate of drug-likeness (QED) is 0.154. The molecule has 0 saturated carbocycles. The molecule has 4 heteroatoms. The summed E-state index contributed by atoms with van der Waals surface area (Å²) >= 11 is 0. The molecule has 10 aromatic rings. The first-order chi connectivity index (χ1) is 27.7. The Balaban J connectivity index is 0.975. The third-order valence-corrected chi connectivity index (χ3v) is 10.4. The van der Waals surface area contributed by atoms with Gasteiger partial charge in [0.25, 0.3) is 0 Å². The van der Waals surface area contributed by atoms with Crippen molar-refractivity contribution in [2.75, 3.05) is 0 Å². The zero-order chi connectivity index (χ0) is 37.3. The molecule has 2 aromatic heterocycles. The zero-order valence-corrected chi connectivity index (χ0v) is 30.4. The van der Waals surface area contributed by atoms with Crippen LogP contribution < -0.4 is 0 Å². The summed E-state index contributed by atoms with van der Waals surface area (Å²) in [6, 6.07) is 69.9. The molecule has 0 N–H and O–H groups in total. The molecule has 0 bridgehead atoms. The van der Waals surface area contributed by atoms with Gasteiger partial charge in [-0.15, -0.1) is 0 Å². The summed E-state index contributed by atoms with van der Waals surface area (Å²) in [6.45, 7) is 0. The largest absolute Gasteiger partial charge is 0.256 e. The predicted octanol–water partition coefficient (Wildman–Crippen LogP) is 13.2. The van der Waals surface area contributed by atoms with Gasteiger partial charge in [-0.3, -0.25) is 4.98 Å². The molecule has 0 unspecified atom stereocenters. The molecule has 0 fully saturated rings. The Hall–Kier alpha value is -7.56. The van der Waals surface area contributed by atoms with Crippen molar-refractivity contribution in [3.63, 3.8) is 0 Å². The highest BCUT2D eigenvalue weighted by molar-refractivity contribution is 6.10. The Morgan fingerprint density at radius 1 is 0.268 bits per heavy atom. The first kappa shape index (κ1) is 33.0. The molecule has 2 heterocycles. The van der Waals surface area contributed by atoms with Gasteiger partial charge in [0.1, 0.15) is 0 Å². The van der Waals surface area contributed by atoms with Crippen molar-refractivity contribution in [1.29, 1.82) is 0 Å². The molecular weight excluding hydrogens is 681 g/mol. The maximum atomic E-state index is 5.04. The number of aromatic nitrogens is 4. The number of rotatable bonds is 7. The Morgan fingerprint density at radius 3 is 1.41 bits per heavy atom. The van der Waals surface area contributed by atoms with Crippen molar-refractivity contribution in [3.8, 4) is 78.7 Å². The maximum Gasteiger partial charge on any atom is 0.164 e. The van der Waals surface area contributed by atoms with Gasteiger partial charge < -0.3 is 0 Å². The Kier molecular flexibility index (Phi) is 8.47. The summed E-state index contributed by atoms with van der Waals surface area (Å²) in [5.41, 5.74) is 13.1. The minimum Gasteiger partial charge on any atom is -0.256 e. The van der Waals surface area contributed by atoms with Gasteiger partial charge in [0.2, 0.25) is 0 Å². The standard InChI is InChI=1S/C52H34N4/c1-3-11-35(12-4-1)36-24-28-41(29-25-36)51-54-50(40-13-5-2-6-14-40)55-52(56-51)45-18-8-17-44(34-45)43-16-7-15-42(33-43)37-22-26-38(27-23-37)46-20-9-21-48-47(46)31-30-39-19-10-32-53-49(39)48/h1-34H. The fraction of sp³-hybridized carbons (Fsp3) is 0. The minimum absolute atomic E-state index is 0.631. The van der Waals surface area contributed by atoms with Gasteiger partial charge in [0, 0.05) is 33.7 Å². The Morgan fingerprint density at radius 2 is 0.732 bits per heavy atom. The van der Waals surface area contributed by atoms with Crippen LogP contribution in [0.4, 0.5) is 0 Å². The fourth-order valence-electron chi connectivity index (χ4n) is 7.50. The first-order valence-electron chi connectivity index (χ1n) is 18.8. The normalized spacial score (nSPS) is 11.2. The lowest BCUT2D eigenvalue weighted by atomic mass is 9.94. The molecule has 0 spiro atoms. The number of hydrogen-bond acceptors (Lipinski definition) is 4. The molecule has 0 aliphatic rings. The number of pyridine rings is 1. The van der Waals surface area contributed by atoms with E-state index in [4.69, 9.17) is 15.0 Å². The van der Waals surface area contributed by atoms with E-state index >= 15 is 0 Å². The lowest BCUT2D eigenvalue weighted by molar-refractivity contribution is 1.07. The number of fused-ring (bicyclic) bond motifs is 3. The maximum absolute atomic E-state index is 5.04. The minimum atomic E-state index is 0.631. The molecule has 0 aliphatic carbocycles. The highest BCUT2D eigenvalue weighted by Gasteiger charge is 2.14. The topological polar surface area (TPSA) is 51.6 Å². The van der Waals surface area contributed by atoms with Crippen molar-refractivity contribution in [2.45, 2.75) is 0 Å². The average Bonchev–Trinajstić information content (AvgIpc) is 3.29. The lowest BCUT2D eigenvalue weighted by Gasteiger charge is -2.11. The summed E-state index contributed by atoms with van der Waals surface area (Å²) < 4.78 is 0. The van der Waals surface area contributed by atoms with Crippen molar-refractivity contribution in [3.05, 3.63) is 206 Å². The van der Waals surface area contributed by atoms with Crippen LogP contribution in [0.1, 0.15) is 0 Å². The van der Waals surface area contributed by atoms with E-state index in [9.17, 15) is 0 Å². The highest BCUT2D eigenvalue weighted by Crippen LogP contribution is 2.35. The van der Waals surface area contributed by atoms with Crippen molar-refractivity contribution in [1.82, 2.24) is 19.9 Å². The van der Waals surface area contributed by atoms with Crippen LogP contribution in [0, 0.1) is 0 Å². The van der Waals surface area contributed by atoms with Crippen molar-refractivity contribution < 1.29 is 0 Å². The first-order valence-corrected chi connectivity index (χ1v) is 18.8. The third-order valence-electron chi connectivity index (χ3n) is 10.4. The van der Waals surface area contributed by atoms with Crippen LogP contribution in [-0.4, -0.2) is 19.9 Å². The van der Waals surface area contributed by atoms with Gasteiger partial charge >= 0.3 is 0 Å². The van der Waals surface area contributed by atoms with Crippen molar-refractivity contribution >= 4 is 21.7 Å². The molecule has 0 radical (unpaired) electrons. The summed E-state index contributed by atoms with van der Waals surface area (Å²) in [7, 11) is 0. The van der Waals surface area contributed by atoms with Crippen LogP contribution >= 0.6 is 0 Å². The van der Waals surface area contributed by atoms with E-state index in [2.05, 4.69) is 163 Å². The monoisotopic (exact) mass is 714 g/mol. The Labute approximate surface area is 325 Å². The summed E-state index contributed by atoms with van der Waals surface area (Å²) in [4.78, 5) is 19.7. The molecule has 0 aliphatic heterocycles. The van der Waals surface area contributed by atoms with E-state index in [1.54, 1.807) is 0 Å². The summed E-state index contributed by atoms with van der Waals surface area (Å²) in [5.74, 6) is 1.91. The molecule has 0 amide bonds. The number of nitrogens with zero attached hydrogens (tertiary/aromatic N) is 4. The SMILES string of the molecule is c1ccc(-c2ccc(-c3nc(-c4ccccc4)nc(-c4cccc(-c5cccc(-c6ccc(-c7cccc8c7ccc7cccnc78)cc6)c5)c4)n3)cc2)cc1. The van der Waals surface area contributed by atoms with E-state index in [-0.39, 0.29) is 0 Å². The van der Waals surface area contributed by atoms with E-state index in [1.165, 1.54) is 27.5 Å². The zero-order valence-electron chi connectivity index (χ0n) is 30.4. The molecule has 4 nitrogen and oxygen atoms in total. The third kappa shape index (κ3) is 6.40. The second-order valence-electron chi connectivity index (χ2n) is 13.9. The second kappa shape index (κ2) is 14.3. The van der Waals surface area contributed by atoms with Gasteiger partial charge in [-0.05, 0) is 68.1 Å². The van der Waals surface area contributed by atoms with Gasteiger partial charge in [-0.2, -0.15) is 0 Å². The molecule has 0 atom stereocenters. The van der Waals surface area contributed by atoms with Crippen LogP contribution in [0.15, 0.2) is 206 Å². The van der Waals surface area contributed by atoms with Gasteiger partial charge in [0.05, 0.1) is 5.52 Å². The van der Waals surface area contributed by atoms with Gasteiger partial charge in [-0.25, -0.2) is 15.0 Å². The van der Waals surface area contributed by atoms with Gasteiger partial charge in [-0.1, -0.05) is 182 Å². The summed E-state index contributed by atoms with van der Waals surface area (Å²) in [5, 5.41) is 3.52. The molecule has 10 rings (SSSR count). The van der Waals surface area contributed by atoms with Crippen LogP contribution in [-0.2, 0) is 0 Å². The molecule has 0 saturated heterocycles. The molecular formula is C52H34N4. The van der Waals surface area contributed by atoms with E-state index in [0.717, 1.165) is 55.4 Å². The molecule has 262 valence electrons. The predicted molar refractivity (Wildman–Crippen MR) is 231 cm³/mol. The smallest absolute Gasteiger partial charge is 0.164 e. The van der Waals surface area contributed by atoms with E-state index in [0.29, 0.717) is 17.5 Å². The summed E-state index contributed by atoms with van der Waals surface area (Å²) in [6.07, 6.45) is 1.87. The number of hydrogen-bond donors (Lipinski definition) is 0. The van der Waals surface area contributed by atoms with Gasteiger partial charge in [0.15, 0.2) is 17.5 Å². The van der Waals surface area contributed by atoms with Crippen LogP contribution in [0.2, 0.25) is 0 Å².